The van der Waals surface area contributed by atoms with E-state index in [1.165, 1.54) is 37.1 Å². The average Bonchev–Trinajstić information content (AvgIpc) is 3.47. The molecule has 0 heterocycles. The summed E-state index contributed by atoms with van der Waals surface area (Å²) in [5, 5.41) is 8.90. The van der Waals surface area contributed by atoms with Crippen LogP contribution in [0.2, 0.25) is 0 Å². The van der Waals surface area contributed by atoms with Crippen LogP contribution in [0.5, 0.6) is 0 Å². The van der Waals surface area contributed by atoms with Crippen molar-refractivity contribution in [2.75, 3.05) is 18.4 Å². The Morgan fingerprint density at radius 2 is 1.74 bits per heavy atom. The van der Waals surface area contributed by atoms with Gasteiger partial charge in [-0.2, -0.15) is 0 Å². The topological polar surface area (TPSA) is 70.2 Å². The Bertz CT molecular complexity index is 786. The Morgan fingerprint density at radius 1 is 1.07 bits per heavy atom. The molecular formula is C21H24FN3O2. The monoisotopic (exact) mass is 369 g/mol. The molecule has 0 spiro atoms. The van der Waals surface area contributed by atoms with Gasteiger partial charge in [-0.1, -0.05) is 12.1 Å². The lowest BCUT2D eigenvalue weighted by Crippen LogP contribution is -2.36. The molecule has 1 aliphatic rings. The highest BCUT2D eigenvalue weighted by Gasteiger charge is 2.20. The minimum atomic E-state index is -0.380. The third-order valence-corrected chi connectivity index (χ3v) is 4.57. The van der Waals surface area contributed by atoms with Crippen LogP contribution < -0.4 is 16.0 Å². The quantitative estimate of drug-likeness (QED) is 0.669. The van der Waals surface area contributed by atoms with Crippen molar-refractivity contribution in [1.29, 1.82) is 0 Å². The Labute approximate surface area is 158 Å². The zero-order valence-corrected chi connectivity index (χ0v) is 15.3. The molecule has 1 unspecified atom stereocenters. The van der Waals surface area contributed by atoms with Crippen molar-refractivity contribution in [3.63, 3.8) is 0 Å². The predicted octanol–water partition coefficient (Wildman–Crippen LogP) is 3.25. The van der Waals surface area contributed by atoms with Gasteiger partial charge in [0.15, 0.2) is 0 Å². The second-order valence-electron chi connectivity index (χ2n) is 6.95. The first-order valence-corrected chi connectivity index (χ1v) is 9.18. The lowest BCUT2D eigenvalue weighted by atomic mass is 10.1. The Balaban J connectivity index is 1.48. The predicted molar refractivity (Wildman–Crippen MR) is 103 cm³/mol. The van der Waals surface area contributed by atoms with E-state index in [9.17, 15) is 14.0 Å². The van der Waals surface area contributed by atoms with Gasteiger partial charge in [0, 0.05) is 11.3 Å². The van der Waals surface area contributed by atoms with E-state index in [1.54, 1.807) is 12.1 Å². The fraction of sp³-hybridized carbons (Fsp3) is 0.333. The standard InChI is InChI=1S/C21H24FN3O2/c1-14(24-20(26)13-23-12-15-2-3-15)16-6-10-19(11-7-16)25-21(27)17-4-8-18(22)9-5-17/h4-11,14-15,23H,2-3,12-13H2,1H3,(H,24,26)(H,25,27). The minimum absolute atomic E-state index is 0.0307. The number of nitrogens with one attached hydrogen (secondary N) is 3. The highest BCUT2D eigenvalue weighted by atomic mass is 19.1. The molecule has 3 N–H and O–H groups in total. The van der Waals surface area contributed by atoms with E-state index in [2.05, 4.69) is 16.0 Å². The normalized spacial score (nSPS) is 14.4. The van der Waals surface area contributed by atoms with E-state index in [-0.39, 0.29) is 23.7 Å². The van der Waals surface area contributed by atoms with Crippen LogP contribution in [0.25, 0.3) is 0 Å². The smallest absolute Gasteiger partial charge is 0.255 e. The number of halogens is 1. The maximum Gasteiger partial charge on any atom is 0.255 e. The summed E-state index contributed by atoms with van der Waals surface area (Å²) in [5.74, 6) is 0.0326. The number of carbonyl (C=O) groups is 2. The first kappa shape index (κ1) is 19.0. The van der Waals surface area contributed by atoms with Crippen LogP contribution in [0, 0.1) is 11.7 Å². The fourth-order valence-corrected chi connectivity index (χ4v) is 2.75. The van der Waals surface area contributed by atoms with E-state index >= 15 is 0 Å². The Hall–Kier alpha value is -2.73. The molecule has 6 heteroatoms. The molecule has 5 nitrogen and oxygen atoms in total. The van der Waals surface area contributed by atoms with Gasteiger partial charge in [-0.15, -0.1) is 0 Å². The summed E-state index contributed by atoms with van der Waals surface area (Å²) in [6.07, 6.45) is 2.52. The van der Waals surface area contributed by atoms with E-state index < -0.39 is 0 Å². The molecule has 1 fully saturated rings. The van der Waals surface area contributed by atoms with Crippen molar-refractivity contribution >= 4 is 17.5 Å². The maximum absolute atomic E-state index is 12.9. The summed E-state index contributed by atoms with van der Waals surface area (Å²) in [5.41, 5.74) is 1.97. The van der Waals surface area contributed by atoms with Gasteiger partial charge in [0.2, 0.25) is 5.91 Å². The summed E-state index contributed by atoms with van der Waals surface area (Å²) in [7, 11) is 0. The van der Waals surface area contributed by atoms with Gasteiger partial charge >= 0.3 is 0 Å². The van der Waals surface area contributed by atoms with E-state index in [0.717, 1.165) is 18.0 Å². The third-order valence-electron chi connectivity index (χ3n) is 4.57. The Morgan fingerprint density at radius 3 is 2.37 bits per heavy atom. The van der Waals surface area contributed by atoms with Crippen molar-refractivity contribution < 1.29 is 14.0 Å². The third kappa shape index (κ3) is 5.89. The fourth-order valence-electron chi connectivity index (χ4n) is 2.75. The molecule has 2 aromatic carbocycles. The first-order chi connectivity index (χ1) is 13.0. The molecule has 0 aliphatic heterocycles. The number of carbonyl (C=O) groups excluding carboxylic acids is 2. The van der Waals surface area contributed by atoms with Crippen LogP contribution in [-0.2, 0) is 4.79 Å². The van der Waals surface area contributed by atoms with Gasteiger partial charge in [0.25, 0.3) is 5.91 Å². The van der Waals surface area contributed by atoms with Crippen molar-refractivity contribution in [3.05, 3.63) is 65.5 Å². The van der Waals surface area contributed by atoms with E-state index in [1.807, 2.05) is 19.1 Å². The molecule has 0 bridgehead atoms. The number of rotatable bonds is 8. The van der Waals surface area contributed by atoms with Gasteiger partial charge in [-0.3, -0.25) is 9.59 Å². The van der Waals surface area contributed by atoms with E-state index in [0.29, 0.717) is 17.8 Å². The summed E-state index contributed by atoms with van der Waals surface area (Å²) < 4.78 is 12.9. The summed E-state index contributed by atoms with van der Waals surface area (Å²) >= 11 is 0. The van der Waals surface area contributed by atoms with E-state index in [4.69, 9.17) is 0 Å². The highest BCUT2D eigenvalue weighted by molar-refractivity contribution is 6.04. The van der Waals surface area contributed by atoms with Gasteiger partial charge in [0.05, 0.1) is 12.6 Å². The zero-order valence-electron chi connectivity index (χ0n) is 15.3. The molecule has 1 saturated carbocycles. The largest absolute Gasteiger partial charge is 0.348 e. The maximum atomic E-state index is 12.9. The minimum Gasteiger partial charge on any atom is -0.348 e. The first-order valence-electron chi connectivity index (χ1n) is 9.18. The number of hydrogen-bond donors (Lipinski definition) is 3. The van der Waals surface area contributed by atoms with Gasteiger partial charge in [0.1, 0.15) is 5.82 Å². The number of anilines is 1. The summed E-state index contributed by atoms with van der Waals surface area (Å²) in [4.78, 5) is 24.1. The molecule has 142 valence electrons. The highest BCUT2D eigenvalue weighted by Crippen LogP contribution is 2.27. The molecule has 2 amide bonds. The van der Waals surface area contributed by atoms with Crippen molar-refractivity contribution in [1.82, 2.24) is 10.6 Å². The lowest BCUT2D eigenvalue weighted by Gasteiger charge is -2.15. The van der Waals surface area contributed by atoms with Crippen molar-refractivity contribution in [2.45, 2.75) is 25.8 Å². The van der Waals surface area contributed by atoms with Crippen LogP contribution in [-0.4, -0.2) is 24.9 Å². The average molecular weight is 369 g/mol. The number of benzene rings is 2. The molecule has 0 radical (unpaired) electrons. The van der Waals surface area contributed by atoms with Crippen LogP contribution in [0.3, 0.4) is 0 Å². The molecule has 1 atom stereocenters. The van der Waals surface area contributed by atoms with Crippen molar-refractivity contribution in [3.8, 4) is 0 Å². The van der Waals surface area contributed by atoms with Crippen molar-refractivity contribution in [2.24, 2.45) is 5.92 Å². The van der Waals surface area contributed by atoms with Crippen LogP contribution in [0.4, 0.5) is 10.1 Å². The molecule has 0 aromatic heterocycles. The second kappa shape index (κ2) is 8.77. The van der Waals surface area contributed by atoms with Crippen LogP contribution >= 0.6 is 0 Å². The second-order valence-corrected chi connectivity index (χ2v) is 6.95. The Kier molecular flexibility index (Phi) is 6.19. The molecule has 2 aromatic rings. The van der Waals surface area contributed by atoms with Gasteiger partial charge in [-0.25, -0.2) is 4.39 Å². The molecule has 1 aliphatic carbocycles. The summed E-state index contributed by atoms with van der Waals surface area (Å²) in [6, 6.07) is 12.6. The molecule has 3 rings (SSSR count). The summed E-state index contributed by atoms with van der Waals surface area (Å²) in [6.45, 7) is 3.15. The SMILES string of the molecule is CC(NC(=O)CNCC1CC1)c1ccc(NC(=O)c2ccc(F)cc2)cc1. The molecule has 0 saturated heterocycles. The lowest BCUT2D eigenvalue weighted by molar-refractivity contribution is -0.120. The van der Waals surface area contributed by atoms with Crippen LogP contribution in [0.1, 0.15) is 41.7 Å². The van der Waals surface area contributed by atoms with Gasteiger partial charge in [-0.05, 0) is 74.2 Å². The van der Waals surface area contributed by atoms with Crippen LogP contribution in [0.15, 0.2) is 48.5 Å². The number of amides is 2. The molecule has 27 heavy (non-hydrogen) atoms. The molecular weight excluding hydrogens is 345 g/mol. The number of hydrogen-bond acceptors (Lipinski definition) is 3. The zero-order chi connectivity index (χ0) is 19.2. The van der Waals surface area contributed by atoms with Gasteiger partial charge < -0.3 is 16.0 Å².